The summed E-state index contributed by atoms with van der Waals surface area (Å²) in [6.07, 6.45) is 4.66. The van der Waals surface area contributed by atoms with E-state index in [2.05, 4.69) is 14.9 Å². The van der Waals surface area contributed by atoms with Crippen LogP contribution in [0.15, 0.2) is 12.4 Å². The van der Waals surface area contributed by atoms with Crippen molar-refractivity contribution in [1.29, 1.82) is 0 Å². The fourth-order valence-electron chi connectivity index (χ4n) is 3.62. The molecule has 0 radical (unpaired) electrons. The van der Waals surface area contributed by atoms with Gasteiger partial charge in [0.2, 0.25) is 5.91 Å². The lowest BCUT2D eigenvalue weighted by atomic mass is 9.95. The first-order valence-electron chi connectivity index (χ1n) is 9.11. The molecule has 1 atom stereocenters. The summed E-state index contributed by atoms with van der Waals surface area (Å²) >= 11 is 0. The summed E-state index contributed by atoms with van der Waals surface area (Å²) in [7, 11) is 5.90. The predicted molar refractivity (Wildman–Crippen MR) is 97.9 cm³/mol. The fourth-order valence-corrected chi connectivity index (χ4v) is 3.62. The van der Waals surface area contributed by atoms with E-state index in [4.69, 9.17) is 4.74 Å². The Morgan fingerprint density at radius 2 is 2.00 bits per heavy atom. The van der Waals surface area contributed by atoms with E-state index in [0.717, 1.165) is 57.1 Å². The maximum absolute atomic E-state index is 12.4. The molecule has 1 unspecified atom stereocenters. The standard InChI is InChI=1S/C18H29N5O2/c1-21(2)16-10-17(20-13-19-16)23-7-4-14(5-8-23)11-22(3)18(24)15-6-9-25-12-15/h10,13-15H,4-9,11-12H2,1-3H3. The fraction of sp³-hybridized carbons (Fsp3) is 0.722. The van der Waals surface area contributed by atoms with Crippen molar-refractivity contribution in [1.82, 2.24) is 14.9 Å². The van der Waals surface area contributed by atoms with Crippen LogP contribution >= 0.6 is 0 Å². The minimum Gasteiger partial charge on any atom is -0.381 e. The number of carbonyl (C=O) groups is 1. The highest BCUT2D eigenvalue weighted by molar-refractivity contribution is 5.78. The van der Waals surface area contributed by atoms with Crippen molar-refractivity contribution in [2.24, 2.45) is 11.8 Å². The van der Waals surface area contributed by atoms with Crippen molar-refractivity contribution in [3.05, 3.63) is 12.4 Å². The van der Waals surface area contributed by atoms with E-state index in [9.17, 15) is 4.79 Å². The quantitative estimate of drug-likeness (QED) is 0.799. The SMILES string of the molecule is CN(CC1CCN(c2cc(N(C)C)ncn2)CC1)C(=O)C1CCOC1. The molecule has 1 amide bonds. The first-order chi connectivity index (χ1) is 12.0. The molecule has 25 heavy (non-hydrogen) atoms. The van der Waals surface area contributed by atoms with Crippen LogP contribution in [0.5, 0.6) is 0 Å². The molecule has 7 heteroatoms. The molecule has 3 rings (SSSR count). The van der Waals surface area contributed by atoms with Crippen molar-refractivity contribution >= 4 is 17.5 Å². The van der Waals surface area contributed by atoms with Crippen molar-refractivity contribution < 1.29 is 9.53 Å². The molecule has 0 spiro atoms. The van der Waals surface area contributed by atoms with Crippen LogP contribution in [-0.4, -0.2) is 74.8 Å². The van der Waals surface area contributed by atoms with Gasteiger partial charge in [0, 0.05) is 53.5 Å². The van der Waals surface area contributed by atoms with E-state index in [1.54, 1.807) is 6.33 Å². The molecule has 0 aromatic carbocycles. The zero-order valence-electron chi connectivity index (χ0n) is 15.5. The molecule has 2 fully saturated rings. The zero-order valence-corrected chi connectivity index (χ0v) is 15.5. The van der Waals surface area contributed by atoms with E-state index in [-0.39, 0.29) is 11.8 Å². The molecule has 2 saturated heterocycles. The third kappa shape index (κ3) is 4.39. The largest absolute Gasteiger partial charge is 0.381 e. The number of hydrogen-bond donors (Lipinski definition) is 0. The summed E-state index contributed by atoms with van der Waals surface area (Å²) in [5.74, 6) is 2.78. The lowest BCUT2D eigenvalue weighted by Gasteiger charge is -2.35. The normalized spacial score (nSPS) is 21.4. The average molecular weight is 347 g/mol. The predicted octanol–water partition coefficient (Wildman–Crippen LogP) is 1.25. The number of ether oxygens (including phenoxy) is 1. The zero-order chi connectivity index (χ0) is 17.8. The Kier molecular flexibility index (Phi) is 5.73. The van der Waals surface area contributed by atoms with Gasteiger partial charge in [-0.3, -0.25) is 4.79 Å². The first-order valence-corrected chi connectivity index (χ1v) is 9.11. The van der Waals surface area contributed by atoms with Gasteiger partial charge in [0.25, 0.3) is 0 Å². The van der Waals surface area contributed by atoms with Crippen LogP contribution in [-0.2, 0) is 9.53 Å². The third-order valence-corrected chi connectivity index (χ3v) is 5.22. The molecule has 0 bridgehead atoms. The minimum absolute atomic E-state index is 0.0653. The highest BCUT2D eigenvalue weighted by Crippen LogP contribution is 2.24. The van der Waals surface area contributed by atoms with E-state index in [0.29, 0.717) is 12.5 Å². The number of rotatable bonds is 5. The molecule has 7 nitrogen and oxygen atoms in total. The van der Waals surface area contributed by atoms with Gasteiger partial charge < -0.3 is 19.4 Å². The molecular weight excluding hydrogens is 318 g/mol. The van der Waals surface area contributed by atoms with Gasteiger partial charge >= 0.3 is 0 Å². The molecule has 1 aromatic heterocycles. The third-order valence-electron chi connectivity index (χ3n) is 5.22. The topological polar surface area (TPSA) is 61.8 Å². The summed E-state index contributed by atoms with van der Waals surface area (Å²) in [6, 6.07) is 2.04. The number of amides is 1. The monoisotopic (exact) mass is 347 g/mol. The van der Waals surface area contributed by atoms with Gasteiger partial charge in [-0.15, -0.1) is 0 Å². The van der Waals surface area contributed by atoms with Gasteiger partial charge in [0.15, 0.2) is 0 Å². The molecular formula is C18H29N5O2. The van der Waals surface area contributed by atoms with Gasteiger partial charge in [-0.05, 0) is 25.2 Å². The summed E-state index contributed by atoms with van der Waals surface area (Å²) < 4.78 is 5.34. The summed E-state index contributed by atoms with van der Waals surface area (Å²) in [4.78, 5) is 27.3. The molecule has 1 aromatic rings. The maximum Gasteiger partial charge on any atom is 0.227 e. The highest BCUT2D eigenvalue weighted by Gasteiger charge is 2.28. The maximum atomic E-state index is 12.4. The van der Waals surface area contributed by atoms with Crippen LogP contribution in [0.3, 0.4) is 0 Å². The van der Waals surface area contributed by atoms with E-state index in [1.807, 2.05) is 37.0 Å². The smallest absolute Gasteiger partial charge is 0.227 e. The molecule has 3 heterocycles. The number of hydrogen-bond acceptors (Lipinski definition) is 6. The van der Waals surface area contributed by atoms with Gasteiger partial charge in [-0.2, -0.15) is 0 Å². The van der Waals surface area contributed by atoms with E-state index < -0.39 is 0 Å². The molecule has 0 N–H and O–H groups in total. The number of aromatic nitrogens is 2. The van der Waals surface area contributed by atoms with E-state index in [1.165, 1.54) is 0 Å². The van der Waals surface area contributed by atoms with Gasteiger partial charge in [0.05, 0.1) is 12.5 Å². The summed E-state index contributed by atoms with van der Waals surface area (Å²) in [5.41, 5.74) is 0. The number of piperidine rings is 1. The molecule has 0 aliphatic carbocycles. The van der Waals surface area contributed by atoms with Crippen LogP contribution < -0.4 is 9.80 Å². The molecule has 2 aliphatic rings. The molecule has 2 aliphatic heterocycles. The van der Waals surface area contributed by atoms with Crippen molar-refractivity contribution in [2.75, 3.05) is 63.8 Å². The van der Waals surface area contributed by atoms with Crippen molar-refractivity contribution in [3.63, 3.8) is 0 Å². The number of nitrogens with zero attached hydrogens (tertiary/aromatic N) is 5. The molecule has 0 saturated carbocycles. The Bertz CT molecular complexity index is 581. The Hall–Kier alpha value is -1.89. The van der Waals surface area contributed by atoms with Crippen molar-refractivity contribution in [2.45, 2.75) is 19.3 Å². The number of anilines is 2. The lowest BCUT2D eigenvalue weighted by Crippen LogP contribution is -2.41. The van der Waals surface area contributed by atoms with Crippen LogP contribution in [0.2, 0.25) is 0 Å². The van der Waals surface area contributed by atoms with Crippen LogP contribution in [0.25, 0.3) is 0 Å². The second-order valence-corrected chi connectivity index (χ2v) is 7.34. The number of carbonyl (C=O) groups excluding carboxylic acids is 1. The van der Waals surface area contributed by atoms with Gasteiger partial charge in [-0.1, -0.05) is 0 Å². The highest BCUT2D eigenvalue weighted by atomic mass is 16.5. The second-order valence-electron chi connectivity index (χ2n) is 7.34. The van der Waals surface area contributed by atoms with Crippen molar-refractivity contribution in [3.8, 4) is 0 Å². The van der Waals surface area contributed by atoms with Gasteiger partial charge in [0.1, 0.15) is 18.0 Å². The summed E-state index contributed by atoms with van der Waals surface area (Å²) in [6.45, 7) is 4.10. The first kappa shape index (κ1) is 17.9. The average Bonchev–Trinajstić information content (AvgIpc) is 3.16. The second kappa shape index (κ2) is 7.99. The minimum atomic E-state index is 0.0653. The Morgan fingerprint density at radius 3 is 2.64 bits per heavy atom. The van der Waals surface area contributed by atoms with Crippen LogP contribution in [0.1, 0.15) is 19.3 Å². The van der Waals surface area contributed by atoms with E-state index >= 15 is 0 Å². The Morgan fingerprint density at radius 1 is 1.24 bits per heavy atom. The summed E-state index contributed by atoms with van der Waals surface area (Å²) in [5, 5.41) is 0. The van der Waals surface area contributed by atoms with Gasteiger partial charge in [-0.25, -0.2) is 9.97 Å². The lowest BCUT2D eigenvalue weighted by molar-refractivity contribution is -0.134. The Balaban J connectivity index is 1.50. The van der Waals surface area contributed by atoms with Crippen LogP contribution in [0.4, 0.5) is 11.6 Å². The van der Waals surface area contributed by atoms with Crippen LogP contribution in [0, 0.1) is 11.8 Å². The molecule has 138 valence electrons. The Labute approximate surface area is 150 Å².